The quantitative estimate of drug-likeness (QED) is 0.840. The van der Waals surface area contributed by atoms with Crippen molar-refractivity contribution in [3.8, 4) is 0 Å². The molecule has 0 aliphatic carbocycles. The van der Waals surface area contributed by atoms with Crippen LogP contribution in [0.1, 0.15) is 41.6 Å². The molecule has 148 valence electrons. The maximum absolute atomic E-state index is 12.7. The summed E-state index contributed by atoms with van der Waals surface area (Å²) < 4.78 is 38.0. The number of rotatable bonds is 4. The zero-order valence-electron chi connectivity index (χ0n) is 15.0. The normalized spacial score (nSPS) is 23.3. The van der Waals surface area contributed by atoms with E-state index in [9.17, 15) is 22.8 Å². The molecule has 3 rings (SSSR count). The van der Waals surface area contributed by atoms with E-state index in [-0.39, 0.29) is 29.3 Å². The van der Waals surface area contributed by atoms with Gasteiger partial charge in [-0.05, 0) is 62.4 Å². The highest BCUT2D eigenvalue weighted by molar-refractivity contribution is 5.94. The molecule has 2 saturated heterocycles. The molecule has 8 heteroatoms. The highest BCUT2D eigenvalue weighted by Crippen LogP contribution is 2.29. The Balaban J connectivity index is 1.53. The van der Waals surface area contributed by atoms with Crippen molar-refractivity contribution in [1.29, 1.82) is 0 Å². The van der Waals surface area contributed by atoms with Crippen molar-refractivity contribution < 1.29 is 22.8 Å². The molecule has 1 aromatic carbocycles. The monoisotopic (exact) mass is 383 g/mol. The third kappa shape index (κ3) is 5.00. The molecule has 0 bridgehead atoms. The zero-order chi connectivity index (χ0) is 19.4. The maximum atomic E-state index is 12.7. The molecule has 5 nitrogen and oxygen atoms in total. The number of piperidine rings is 1. The van der Waals surface area contributed by atoms with Crippen LogP contribution in [-0.4, -0.2) is 48.9 Å². The van der Waals surface area contributed by atoms with Gasteiger partial charge in [0.1, 0.15) is 0 Å². The van der Waals surface area contributed by atoms with Crippen LogP contribution in [0.25, 0.3) is 0 Å². The van der Waals surface area contributed by atoms with Gasteiger partial charge in [0.15, 0.2) is 0 Å². The van der Waals surface area contributed by atoms with Crippen molar-refractivity contribution in [1.82, 2.24) is 15.5 Å². The fraction of sp³-hybridized carbons (Fsp3) is 0.579. The molecule has 0 radical (unpaired) electrons. The number of likely N-dealkylation sites (tertiary alicyclic amines) is 1. The van der Waals surface area contributed by atoms with Crippen molar-refractivity contribution in [2.75, 3.05) is 26.2 Å². The van der Waals surface area contributed by atoms with E-state index in [1.165, 1.54) is 12.1 Å². The molecular formula is C19H24F3N3O2. The van der Waals surface area contributed by atoms with Crippen molar-refractivity contribution in [2.45, 2.75) is 37.9 Å². The molecule has 0 spiro atoms. The van der Waals surface area contributed by atoms with Gasteiger partial charge in [-0.2, -0.15) is 13.2 Å². The summed E-state index contributed by atoms with van der Waals surface area (Å²) in [5.74, 6) is -0.113. The smallest absolute Gasteiger partial charge is 0.354 e. The van der Waals surface area contributed by atoms with Gasteiger partial charge >= 0.3 is 6.18 Å². The summed E-state index contributed by atoms with van der Waals surface area (Å²) >= 11 is 0. The molecule has 1 aromatic rings. The predicted molar refractivity (Wildman–Crippen MR) is 94.1 cm³/mol. The summed E-state index contributed by atoms with van der Waals surface area (Å²) in [4.78, 5) is 26.4. The van der Waals surface area contributed by atoms with Crippen LogP contribution in [0.3, 0.4) is 0 Å². The Bertz CT molecular complexity index is 670. The Hall–Kier alpha value is -2.09. The van der Waals surface area contributed by atoms with Crippen molar-refractivity contribution >= 4 is 11.8 Å². The van der Waals surface area contributed by atoms with Crippen LogP contribution in [0.5, 0.6) is 0 Å². The molecule has 27 heavy (non-hydrogen) atoms. The summed E-state index contributed by atoms with van der Waals surface area (Å²) in [6.45, 7) is 2.44. The van der Waals surface area contributed by atoms with Crippen molar-refractivity contribution in [3.05, 3.63) is 35.4 Å². The Morgan fingerprint density at radius 2 is 1.89 bits per heavy atom. The summed E-state index contributed by atoms with van der Waals surface area (Å²) in [7, 11) is 0. The Morgan fingerprint density at radius 1 is 1.15 bits per heavy atom. The van der Waals surface area contributed by atoms with Crippen molar-refractivity contribution in [3.63, 3.8) is 0 Å². The average molecular weight is 383 g/mol. The number of carbonyl (C=O) groups excluding carboxylic acids is 2. The van der Waals surface area contributed by atoms with E-state index in [1.807, 2.05) is 0 Å². The molecule has 0 saturated carbocycles. The first-order valence-electron chi connectivity index (χ1n) is 9.32. The number of nitrogens with zero attached hydrogens (tertiary/aromatic N) is 1. The number of hydrogen-bond acceptors (Lipinski definition) is 3. The predicted octanol–water partition coefficient (Wildman–Crippen LogP) is 2.43. The lowest BCUT2D eigenvalue weighted by molar-refractivity contribution is -0.137. The van der Waals surface area contributed by atoms with Gasteiger partial charge < -0.3 is 15.5 Å². The molecule has 2 heterocycles. The van der Waals surface area contributed by atoms with Gasteiger partial charge in [-0.25, -0.2) is 0 Å². The molecule has 2 N–H and O–H groups in total. The average Bonchev–Trinajstić information content (AvgIpc) is 3.20. The number of nitrogens with one attached hydrogen (secondary N) is 2. The van der Waals surface area contributed by atoms with E-state index in [1.54, 1.807) is 4.90 Å². The van der Waals surface area contributed by atoms with E-state index in [0.29, 0.717) is 19.6 Å². The van der Waals surface area contributed by atoms with Gasteiger partial charge in [0.25, 0.3) is 5.91 Å². The van der Waals surface area contributed by atoms with E-state index in [4.69, 9.17) is 0 Å². The fourth-order valence-corrected chi connectivity index (χ4v) is 3.68. The summed E-state index contributed by atoms with van der Waals surface area (Å²) in [6.07, 6.45) is -0.847. The van der Waals surface area contributed by atoms with Crippen LogP contribution >= 0.6 is 0 Å². The lowest BCUT2D eigenvalue weighted by Crippen LogP contribution is -2.46. The maximum Gasteiger partial charge on any atom is 0.416 e. The minimum absolute atomic E-state index is 0.00121. The van der Waals surface area contributed by atoms with E-state index >= 15 is 0 Å². The molecule has 0 aromatic heterocycles. The molecule has 2 amide bonds. The van der Waals surface area contributed by atoms with E-state index in [0.717, 1.165) is 44.4 Å². The molecule has 2 fully saturated rings. The number of benzene rings is 1. The summed E-state index contributed by atoms with van der Waals surface area (Å²) in [6, 6.07) is 4.19. The molecule has 2 aliphatic rings. The van der Waals surface area contributed by atoms with Gasteiger partial charge in [0, 0.05) is 25.2 Å². The standard InChI is InChI=1S/C19H24F3N3O2/c20-19(21,22)15-7-5-14(6-8-15)18(27)25-10-2-3-13(12-25)11-24-17(26)16-4-1-9-23-16/h5-8,13,16,23H,1-4,9-12H2,(H,24,26). The number of alkyl halides is 3. The third-order valence-electron chi connectivity index (χ3n) is 5.21. The second-order valence-electron chi connectivity index (χ2n) is 7.23. The van der Waals surface area contributed by atoms with Crippen LogP contribution in [0.4, 0.5) is 13.2 Å². The third-order valence-corrected chi connectivity index (χ3v) is 5.21. The van der Waals surface area contributed by atoms with Gasteiger partial charge in [0.05, 0.1) is 11.6 Å². The number of carbonyl (C=O) groups is 2. The Kier molecular flexibility index (Phi) is 6.04. The second kappa shape index (κ2) is 8.29. The zero-order valence-corrected chi connectivity index (χ0v) is 15.0. The van der Waals surface area contributed by atoms with E-state index in [2.05, 4.69) is 10.6 Å². The second-order valence-corrected chi connectivity index (χ2v) is 7.23. The van der Waals surface area contributed by atoms with E-state index < -0.39 is 11.7 Å². The van der Waals surface area contributed by atoms with Crippen LogP contribution < -0.4 is 10.6 Å². The first-order chi connectivity index (χ1) is 12.8. The largest absolute Gasteiger partial charge is 0.416 e. The minimum Gasteiger partial charge on any atom is -0.354 e. The minimum atomic E-state index is -4.41. The molecule has 2 aliphatic heterocycles. The molecule has 2 atom stereocenters. The fourth-order valence-electron chi connectivity index (χ4n) is 3.68. The number of amides is 2. The van der Waals surface area contributed by atoms with Crippen LogP contribution in [0, 0.1) is 5.92 Å². The van der Waals surface area contributed by atoms with Crippen molar-refractivity contribution in [2.24, 2.45) is 5.92 Å². The summed E-state index contributed by atoms with van der Waals surface area (Å²) in [5, 5.41) is 6.10. The van der Waals surface area contributed by atoms with Crippen LogP contribution in [0.15, 0.2) is 24.3 Å². The van der Waals surface area contributed by atoms with Gasteiger partial charge in [-0.3, -0.25) is 9.59 Å². The van der Waals surface area contributed by atoms with Gasteiger partial charge in [-0.1, -0.05) is 0 Å². The highest BCUT2D eigenvalue weighted by Gasteiger charge is 2.31. The van der Waals surface area contributed by atoms with Crippen LogP contribution in [0.2, 0.25) is 0 Å². The Labute approximate surface area is 156 Å². The summed E-state index contributed by atoms with van der Waals surface area (Å²) in [5.41, 5.74) is -0.512. The topological polar surface area (TPSA) is 61.4 Å². The lowest BCUT2D eigenvalue weighted by atomic mass is 9.97. The molecule has 2 unspecified atom stereocenters. The first-order valence-corrected chi connectivity index (χ1v) is 9.32. The number of hydrogen-bond donors (Lipinski definition) is 2. The SMILES string of the molecule is O=C(NCC1CCCN(C(=O)c2ccc(C(F)(F)F)cc2)C1)C1CCCN1. The van der Waals surface area contributed by atoms with Gasteiger partial charge in [0.2, 0.25) is 5.91 Å². The van der Waals surface area contributed by atoms with Crippen LogP contribution in [-0.2, 0) is 11.0 Å². The lowest BCUT2D eigenvalue weighted by Gasteiger charge is -2.33. The Morgan fingerprint density at radius 3 is 2.52 bits per heavy atom. The first kappa shape index (κ1) is 19.7. The number of halogens is 3. The molecular weight excluding hydrogens is 359 g/mol. The highest BCUT2D eigenvalue weighted by atomic mass is 19.4. The van der Waals surface area contributed by atoms with Gasteiger partial charge in [-0.15, -0.1) is 0 Å².